The molecule has 2 aromatic carbocycles. The minimum absolute atomic E-state index is 0. The summed E-state index contributed by atoms with van der Waals surface area (Å²) in [4.78, 5) is 20.7. The average Bonchev–Trinajstić information content (AvgIpc) is 3.89. The molecule has 17 heteroatoms. The Morgan fingerprint density at radius 3 is 1.65 bits per heavy atom. The molecule has 12 nitrogen and oxygen atoms in total. The molecule has 0 saturated carbocycles. The Balaban J connectivity index is 0.000000300. The number of nitrogens with zero attached hydrogens (tertiary/aromatic N) is 9. The zero-order chi connectivity index (χ0) is 32.3. The van der Waals surface area contributed by atoms with Crippen LogP contribution in [0.3, 0.4) is 0 Å². The fourth-order valence-corrected chi connectivity index (χ4v) is 6.00. The van der Waals surface area contributed by atoms with E-state index < -0.39 is 0 Å². The van der Waals surface area contributed by atoms with Gasteiger partial charge in [0.15, 0.2) is 0 Å². The number of benzene rings is 2. The van der Waals surface area contributed by atoms with Crippen molar-refractivity contribution in [1.29, 1.82) is 0 Å². The van der Waals surface area contributed by atoms with Gasteiger partial charge in [0.25, 0.3) is 0 Å². The summed E-state index contributed by atoms with van der Waals surface area (Å²) in [5, 5.41) is 23.6. The molecule has 0 fully saturated rings. The van der Waals surface area contributed by atoms with Crippen LogP contribution in [0, 0.1) is 12.3 Å². The minimum atomic E-state index is 0. The van der Waals surface area contributed by atoms with E-state index in [0.717, 1.165) is 48.9 Å². The van der Waals surface area contributed by atoms with Crippen molar-refractivity contribution in [1.82, 2.24) is 35.3 Å². The van der Waals surface area contributed by atoms with Gasteiger partial charge in [-0.25, -0.2) is 19.9 Å². The van der Waals surface area contributed by atoms with E-state index in [1.54, 1.807) is 41.5 Å². The molecule has 244 valence electrons. The van der Waals surface area contributed by atoms with E-state index in [0.29, 0.717) is 0 Å². The van der Waals surface area contributed by atoms with Crippen LogP contribution in [0.4, 0.5) is 11.6 Å². The van der Waals surface area contributed by atoms with Gasteiger partial charge in [-0.1, -0.05) is 42.3 Å². The summed E-state index contributed by atoms with van der Waals surface area (Å²) in [6.07, 6.45) is 10.3. The minimum Gasteiger partial charge on any atom is -0.373 e. The fourth-order valence-electron chi connectivity index (χ4n) is 4.54. The topological polar surface area (TPSA) is 176 Å². The number of aromatic nitrogens is 7. The van der Waals surface area contributed by atoms with E-state index in [9.17, 15) is 0 Å². The van der Waals surface area contributed by atoms with Gasteiger partial charge < -0.3 is 21.7 Å². The Kier molecular flexibility index (Phi) is 17.0. The van der Waals surface area contributed by atoms with Crippen molar-refractivity contribution in [3.63, 3.8) is 0 Å². The van der Waals surface area contributed by atoms with Gasteiger partial charge in [0.2, 0.25) is 0 Å². The van der Waals surface area contributed by atoms with Gasteiger partial charge in [-0.15, -0.1) is 29.1 Å². The van der Waals surface area contributed by atoms with Crippen molar-refractivity contribution in [2.24, 2.45) is 0 Å². The van der Waals surface area contributed by atoms with Crippen LogP contribution < -0.4 is 40.2 Å². The van der Waals surface area contributed by atoms with E-state index in [1.807, 2.05) is 59.3 Å². The Morgan fingerprint density at radius 2 is 1.22 bits per heavy atom. The number of hydrogen-bond acceptors (Lipinski definition) is 10. The van der Waals surface area contributed by atoms with Gasteiger partial charge in [0, 0.05) is 23.2 Å². The molecule has 49 heavy (non-hydrogen) atoms. The largest absolute Gasteiger partial charge is 1.00 e. The molecule has 2 atom stereocenters. The molecule has 3 N–H and O–H groups in total. The third kappa shape index (κ3) is 10.7. The standard InChI is InChI=1S/C16H14N6S.C16H13N3S.N3.Na.2H2S/c1-10(20-15-13-6-7-23-16(13)18-9-17-15)11-2-4-12(5-3-11)14-8-19-22-21-14;1-3-12-4-6-13(7-5-12)11(2)19-15-14-8-9-20-16(14)18-10-17-15;1-3-2;;;/h2-10H,1H3,(H,17,18,20)(H,19,21,22);1,4-11H,2H3,(H,17,18,19);;;2*1H2/q;;-1;+1;;/t10-;11-;;;;/m00..../s1. The van der Waals surface area contributed by atoms with Crippen LogP contribution in [-0.2, 0) is 0 Å². The molecule has 5 aromatic heterocycles. The third-order valence-electron chi connectivity index (χ3n) is 6.93. The number of thiophene rings is 2. The molecular formula is C32H31N12NaS4. The summed E-state index contributed by atoms with van der Waals surface area (Å²) in [5.74, 6) is 4.35. The van der Waals surface area contributed by atoms with Gasteiger partial charge in [-0.3, -0.25) is 4.91 Å². The molecule has 7 rings (SSSR count). The van der Waals surface area contributed by atoms with Gasteiger partial charge in [0.1, 0.15) is 39.6 Å². The number of rotatable bonds is 7. The number of hydrogen-bond donors (Lipinski definition) is 3. The summed E-state index contributed by atoms with van der Waals surface area (Å²) < 4.78 is 0. The molecule has 0 aliphatic carbocycles. The van der Waals surface area contributed by atoms with E-state index in [2.05, 4.69) is 77.9 Å². The zero-order valence-corrected chi connectivity index (χ0v) is 32.4. The predicted octanol–water partition coefficient (Wildman–Crippen LogP) is 5.59. The van der Waals surface area contributed by atoms with Crippen LogP contribution in [0.1, 0.15) is 42.6 Å². The number of fused-ring (bicyclic) bond motifs is 2. The Morgan fingerprint density at radius 1 is 0.755 bits per heavy atom. The van der Waals surface area contributed by atoms with Gasteiger partial charge in [0.05, 0.1) is 17.0 Å². The summed E-state index contributed by atoms with van der Waals surface area (Å²) in [5.41, 5.74) is 18.6. The molecule has 5 heterocycles. The van der Waals surface area contributed by atoms with Crippen molar-refractivity contribution < 1.29 is 29.6 Å². The van der Waals surface area contributed by atoms with Gasteiger partial charge >= 0.3 is 29.6 Å². The molecule has 0 saturated heterocycles. The predicted molar refractivity (Wildman–Crippen MR) is 206 cm³/mol. The van der Waals surface area contributed by atoms with Crippen LogP contribution in [0.25, 0.3) is 47.7 Å². The SMILES string of the molecule is C#Cc1ccc([C@H](C)Nc2ncnc3sccc23)cc1.C[C@H](Nc1ncnc2sccc12)c1ccc(-c2cn[nH]n2)cc1.S.S.[N-]=[N+]=[N-].[Na+]. The summed E-state index contributed by atoms with van der Waals surface area (Å²) in [7, 11) is 0. The number of H-pyrrole nitrogens is 1. The van der Waals surface area contributed by atoms with E-state index in [4.69, 9.17) is 17.5 Å². The number of nitrogens with one attached hydrogen (secondary N) is 3. The van der Waals surface area contributed by atoms with Crippen LogP contribution in [0.15, 0.2) is 90.3 Å². The maximum atomic E-state index is 6.75. The van der Waals surface area contributed by atoms with Gasteiger partial charge in [-0.2, -0.15) is 42.4 Å². The van der Waals surface area contributed by atoms with Crippen LogP contribution in [-0.4, -0.2) is 35.3 Å². The monoisotopic (exact) mass is 734 g/mol. The first-order valence-corrected chi connectivity index (χ1v) is 15.7. The fraction of sp³-hybridized carbons (Fsp3) is 0.125. The molecule has 0 spiro atoms. The van der Waals surface area contributed by atoms with Crippen molar-refractivity contribution in [2.45, 2.75) is 25.9 Å². The van der Waals surface area contributed by atoms with Crippen LogP contribution in [0.2, 0.25) is 0 Å². The third-order valence-corrected chi connectivity index (χ3v) is 8.57. The second-order valence-corrected chi connectivity index (χ2v) is 11.6. The summed E-state index contributed by atoms with van der Waals surface area (Å²) in [6.45, 7) is 4.22. The Labute approximate surface area is 327 Å². The molecule has 0 radical (unpaired) electrons. The van der Waals surface area contributed by atoms with Crippen LogP contribution in [0.5, 0.6) is 0 Å². The molecule has 0 aliphatic heterocycles. The van der Waals surface area contributed by atoms with Crippen molar-refractivity contribution in [3.05, 3.63) is 123 Å². The normalized spacial score (nSPS) is 10.9. The quantitative estimate of drug-likeness (QED) is 0.0624. The number of terminal acetylenes is 1. The van der Waals surface area contributed by atoms with E-state index >= 15 is 0 Å². The molecule has 7 aromatic rings. The second-order valence-electron chi connectivity index (χ2n) is 9.79. The first kappa shape index (κ1) is 41.0. The Bertz CT molecular complexity index is 2090. The van der Waals surface area contributed by atoms with E-state index in [1.165, 1.54) is 16.0 Å². The van der Waals surface area contributed by atoms with E-state index in [-0.39, 0.29) is 68.6 Å². The number of aromatic amines is 1. The zero-order valence-electron chi connectivity index (χ0n) is 26.7. The van der Waals surface area contributed by atoms with Crippen LogP contribution >= 0.6 is 49.7 Å². The van der Waals surface area contributed by atoms with Crippen molar-refractivity contribution in [2.75, 3.05) is 10.6 Å². The first-order chi connectivity index (χ1) is 22.5. The maximum Gasteiger partial charge on any atom is 1.00 e. The smallest absolute Gasteiger partial charge is 0.373 e. The number of anilines is 2. The van der Waals surface area contributed by atoms with Crippen molar-refractivity contribution in [3.8, 4) is 23.6 Å². The first-order valence-electron chi connectivity index (χ1n) is 13.9. The summed E-state index contributed by atoms with van der Waals surface area (Å²) in [6, 6.07) is 20.6. The molecule has 0 aliphatic rings. The molecule has 0 amide bonds. The molecular weight excluding hydrogens is 704 g/mol. The molecule has 0 unspecified atom stereocenters. The van der Waals surface area contributed by atoms with Gasteiger partial charge in [-0.05, 0) is 60.0 Å². The second kappa shape index (κ2) is 20.4. The summed E-state index contributed by atoms with van der Waals surface area (Å²) >= 11 is 3.23. The Hall–Kier alpha value is -4.17. The van der Waals surface area contributed by atoms with Crippen molar-refractivity contribution >= 4 is 81.7 Å². The average molecular weight is 735 g/mol. The molecule has 0 bridgehead atoms. The maximum absolute atomic E-state index is 6.75.